The number of carbonyl (C=O) groups excluding carboxylic acids is 1. The summed E-state index contributed by atoms with van der Waals surface area (Å²) < 4.78 is 2.86. The number of hydroxylamine groups is 1. The smallest absolute Gasteiger partial charge is 0.262 e. The number of amides is 1. The summed E-state index contributed by atoms with van der Waals surface area (Å²) in [5.74, 6) is 0.310. The van der Waals surface area contributed by atoms with Gasteiger partial charge in [0.1, 0.15) is 5.82 Å². The second-order valence-electron chi connectivity index (χ2n) is 4.96. The highest BCUT2D eigenvalue weighted by Crippen LogP contribution is 2.26. The van der Waals surface area contributed by atoms with E-state index in [1.54, 1.807) is 5.48 Å². The number of aryl methyl sites for hydroxylation is 2. The average Bonchev–Trinajstić information content (AvgIpc) is 2.80. The van der Waals surface area contributed by atoms with Gasteiger partial charge in [-0.2, -0.15) is 0 Å². The lowest BCUT2D eigenvalue weighted by Crippen LogP contribution is -2.27. The van der Waals surface area contributed by atoms with Crippen LogP contribution >= 0.6 is 15.9 Å². The fourth-order valence-corrected chi connectivity index (χ4v) is 2.83. The molecule has 2 aromatic rings. The van der Waals surface area contributed by atoms with E-state index in [4.69, 9.17) is 5.21 Å². The Bertz CT molecular complexity index is 654. The van der Waals surface area contributed by atoms with Gasteiger partial charge in [-0.1, -0.05) is 13.3 Å². The molecule has 0 atom stereocenters. The van der Waals surface area contributed by atoms with Crippen molar-refractivity contribution in [1.29, 1.82) is 0 Å². The summed E-state index contributed by atoms with van der Waals surface area (Å²) in [4.78, 5) is 15.9. The molecule has 0 bridgehead atoms. The molecule has 2 rings (SSSR count). The van der Waals surface area contributed by atoms with Crippen molar-refractivity contribution in [2.24, 2.45) is 0 Å². The van der Waals surface area contributed by atoms with Crippen LogP contribution in [0.5, 0.6) is 0 Å². The zero-order valence-corrected chi connectivity index (χ0v) is 13.7. The Kier molecular flexibility index (Phi) is 5.19. The molecule has 2 heterocycles. The van der Waals surface area contributed by atoms with E-state index in [0.29, 0.717) is 0 Å². The van der Waals surface area contributed by atoms with Crippen LogP contribution in [0.4, 0.5) is 5.82 Å². The molecule has 0 aliphatic rings. The quantitative estimate of drug-likeness (QED) is 0.550. The first-order chi connectivity index (χ1) is 10.1. The first kappa shape index (κ1) is 15.8. The Hall–Kier alpha value is -1.60. The number of imidazole rings is 1. The number of anilines is 1. The fourth-order valence-electron chi connectivity index (χ4n) is 2.19. The van der Waals surface area contributed by atoms with Crippen molar-refractivity contribution in [2.45, 2.75) is 33.1 Å². The van der Waals surface area contributed by atoms with E-state index in [2.05, 4.69) is 33.2 Å². The fraction of sp³-hybridized carbons (Fsp3) is 0.429. The number of rotatable bonds is 6. The van der Waals surface area contributed by atoms with Gasteiger partial charge in [-0.3, -0.25) is 14.4 Å². The summed E-state index contributed by atoms with van der Waals surface area (Å²) in [6, 6.07) is 2.01. The number of hydrogen-bond acceptors (Lipinski definition) is 4. The molecule has 2 aromatic heterocycles. The van der Waals surface area contributed by atoms with Gasteiger partial charge in [-0.25, -0.2) is 10.5 Å². The highest BCUT2D eigenvalue weighted by Gasteiger charge is 2.15. The Balaban J connectivity index is 2.43. The molecule has 0 saturated heterocycles. The number of pyridine rings is 1. The first-order valence-corrected chi connectivity index (χ1v) is 7.70. The van der Waals surface area contributed by atoms with E-state index in [1.807, 2.05) is 23.6 Å². The van der Waals surface area contributed by atoms with Crippen LogP contribution in [0.3, 0.4) is 0 Å². The summed E-state index contributed by atoms with van der Waals surface area (Å²) in [6.07, 6.45) is 4.92. The number of hydrogen-bond donors (Lipinski definition) is 3. The SMILES string of the molecule is CCCCc1nc2c(Br)cc(C)cn2c1NCC(=O)NO. The van der Waals surface area contributed by atoms with Gasteiger partial charge < -0.3 is 5.32 Å². The minimum absolute atomic E-state index is 0.00498. The number of nitrogens with zero attached hydrogens (tertiary/aromatic N) is 2. The van der Waals surface area contributed by atoms with Gasteiger partial charge >= 0.3 is 0 Å². The third-order valence-corrected chi connectivity index (χ3v) is 3.78. The van der Waals surface area contributed by atoms with E-state index >= 15 is 0 Å². The van der Waals surface area contributed by atoms with E-state index < -0.39 is 5.91 Å². The van der Waals surface area contributed by atoms with Gasteiger partial charge in [-0.05, 0) is 47.3 Å². The van der Waals surface area contributed by atoms with Crippen molar-refractivity contribution in [3.05, 3.63) is 28.0 Å². The van der Waals surface area contributed by atoms with E-state index in [-0.39, 0.29) is 6.54 Å². The molecular weight excluding hydrogens is 336 g/mol. The number of fused-ring (bicyclic) bond motifs is 1. The summed E-state index contributed by atoms with van der Waals surface area (Å²) in [5.41, 5.74) is 4.45. The maximum absolute atomic E-state index is 11.2. The van der Waals surface area contributed by atoms with Crippen LogP contribution in [0.2, 0.25) is 0 Å². The molecule has 0 spiro atoms. The second kappa shape index (κ2) is 6.91. The normalized spacial score (nSPS) is 10.9. The number of unbranched alkanes of at least 4 members (excludes halogenated alkanes) is 1. The highest BCUT2D eigenvalue weighted by atomic mass is 79.9. The standard InChI is InChI=1S/C14H19BrN4O2/c1-3-4-5-11-14(16-7-12(20)18-21)19-8-9(2)6-10(15)13(19)17-11/h6,8,16,21H,3-5,7H2,1-2H3,(H,18,20). The van der Waals surface area contributed by atoms with Crippen LogP contribution in [-0.2, 0) is 11.2 Å². The van der Waals surface area contributed by atoms with Crippen LogP contribution in [0.1, 0.15) is 31.0 Å². The van der Waals surface area contributed by atoms with Crippen molar-refractivity contribution >= 4 is 33.3 Å². The predicted octanol–water partition coefficient (Wildman–Crippen LogP) is 2.67. The van der Waals surface area contributed by atoms with Gasteiger partial charge in [0.05, 0.1) is 16.7 Å². The second-order valence-corrected chi connectivity index (χ2v) is 5.81. The lowest BCUT2D eigenvalue weighted by Gasteiger charge is -2.08. The molecule has 1 amide bonds. The molecule has 7 heteroatoms. The highest BCUT2D eigenvalue weighted by molar-refractivity contribution is 9.10. The molecule has 0 aliphatic carbocycles. The number of halogens is 1. The largest absolute Gasteiger partial charge is 0.360 e. The van der Waals surface area contributed by atoms with Crippen molar-refractivity contribution in [1.82, 2.24) is 14.9 Å². The summed E-state index contributed by atoms with van der Waals surface area (Å²) in [6.45, 7) is 4.12. The third-order valence-electron chi connectivity index (χ3n) is 3.19. The molecule has 3 N–H and O–H groups in total. The zero-order chi connectivity index (χ0) is 15.4. The third kappa shape index (κ3) is 3.54. The van der Waals surface area contributed by atoms with Crippen LogP contribution in [0, 0.1) is 6.92 Å². The molecule has 0 fully saturated rings. The number of carbonyl (C=O) groups is 1. The minimum Gasteiger partial charge on any atom is -0.360 e. The summed E-state index contributed by atoms with van der Waals surface area (Å²) >= 11 is 3.53. The van der Waals surface area contributed by atoms with Gasteiger partial charge in [0.2, 0.25) is 0 Å². The molecule has 0 aromatic carbocycles. The Morgan fingerprint density at radius 3 is 2.95 bits per heavy atom. The van der Waals surface area contributed by atoms with E-state index in [0.717, 1.165) is 46.5 Å². The van der Waals surface area contributed by atoms with Gasteiger partial charge in [0, 0.05) is 6.20 Å². The molecule has 0 aliphatic heterocycles. The monoisotopic (exact) mass is 354 g/mol. The van der Waals surface area contributed by atoms with Crippen LogP contribution in [0.15, 0.2) is 16.7 Å². The predicted molar refractivity (Wildman–Crippen MR) is 84.7 cm³/mol. The Labute approximate surface area is 131 Å². The van der Waals surface area contributed by atoms with Crippen molar-refractivity contribution in [2.75, 3.05) is 11.9 Å². The van der Waals surface area contributed by atoms with Crippen molar-refractivity contribution in [3.63, 3.8) is 0 Å². The lowest BCUT2D eigenvalue weighted by molar-refractivity contribution is -0.127. The zero-order valence-electron chi connectivity index (χ0n) is 12.1. The number of aromatic nitrogens is 2. The van der Waals surface area contributed by atoms with Crippen LogP contribution < -0.4 is 10.8 Å². The van der Waals surface area contributed by atoms with Crippen LogP contribution in [0.25, 0.3) is 5.65 Å². The first-order valence-electron chi connectivity index (χ1n) is 6.90. The molecule has 6 nitrogen and oxygen atoms in total. The molecule has 21 heavy (non-hydrogen) atoms. The topological polar surface area (TPSA) is 78.7 Å². The van der Waals surface area contributed by atoms with Gasteiger partial charge in [0.15, 0.2) is 5.65 Å². The van der Waals surface area contributed by atoms with Crippen molar-refractivity contribution < 1.29 is 10.0 Å². The molecule has 0 saturated carbocycles. The van der Waals surface area contributed by atoms with Gasteiger partial charge in [-0.15, -0.1) is 0 Å². The maximum Gasteiger partial charge on any atom is 0.262 e. The van der Waals surface area contributed by atoms with E-state index in [9.17, 15) is 4.79 Å². The summed E-state index contributed by atoms with van der Waals surface area (Å²) in [5, 5.41) is 11.7. The summed E-state index contributed by atoms with van der Waals surface area (Å²) in [7, 11) is 0. The number of nitrogens with one attached hydrogen (secondary N) is 2. The Morgan fingerprint density at radius 1 is 1.52 bits per heavy atom. The van der Waals surface area contributed by atoms with Gasteiger partial charge in [0.25, 0.3) is 5.91 Å². The maximum atomic E-state index is 11.2. The molecule has 0 radical (unpaired) electrons. The molecule has 114 valence electrons. The molecule has 0 unspecified atom stereocenters. The molecular formula is C14H19BrN4O2. The van der Waals surface area contributed by atoms with Crippen LogP contribution in [-0.4, -0.2) is 27.0 Å². The lowest BCUT2D eigenvalue weighted by atomic mass is 10.2. The average molecular weight is 355 g/mol. The van der Waals surface area contributed by atoms with E-state index in [1.165, 1.54) is 0 Å². The van der Waals surface area contributed by atoms with Crippen molar-refractivity contribution in [3.8, 4) is 0 Å². The Morgan fingerprint density at radius 2 is 2.29 bits per heavy atom. The minimum atomic E-state index is -0.488.